The van der Waals surface area contributed by atoms with E-state index >= 15 is 0 Å². The molecule has 0 radical (unpaired) electrons. The molecule has 0 atom stereocenters. The van der Waals surface area contributed by atoms with Crippen molar-refractivity contribution in [2.24, 2.45) is 0 Å². The number of rotatable bonds is 4. The van der Waals surface area contributed by atoms with Crippen molar-refractivity contribution in [3.05, 3.63) is 60.2 Å². The summed E-state index contributed by atoms with van der Waals surface area (Å²) in [5.41, 5.74) is 1.42. The maximum absolute atomic E-state index is 12.5. The molecule has 7 nitrogen and oxygen atoms in total. The third kappa shape index (κ3) is 2.96. The molecule has 0 aliphatic carbocycles. The lowest BCUT2D eigenvalue weighted by Crippen LogP contribution is -2.48. The average Bonchev–Trinajstić information content (AvgIpc) is 3.11. The number of aromatic nitrogens is 3. The first-order chi connectivity index (χ1) is 12.2. The molecule has 1 aromatic carbocycles. The van der Waals surface area contributed by atoms with Crippen molar-refractivity contribution in [1.29, 1.82) is 0 Å². The topological polar surface area (TPSA) is 81.4 Å². The summed E-state index contributed by atoms with van der Waals surface area (Å²) < 4.78 is 10.5. The quantitative estimate of drug-likeness (QED) is 0.727. The third-order valence-electron chi connectivity index (χ3n) is 4.20. The first-order valence-electron chi connectivity index (χ1n) is 7.92. The number of hydrogen-bond donors (Lipinski definition) is 0. The number of carbonyl (C=O) groups is 1. The zero-order valence-electron chi connectivity index (χ0n) is 13.6. The van der Waals surface area contributed by atoms with Crippen molar-refractivity contribution in [2.75, 3.05) is 20.2 Å². The van der Waals surface area contributed by atoms with Crippen LogP contribution in [0.1, 0.15) is 22.2 Å². The third-order valence-corrected chi connectivity index (χ3v) is 4.20. The molecular formula is C18H16N4O3. The van der Waals surface area contributed by atoms with Crippen LogP contribution in [-0.4, -0.2) is 46.1 Å². The SMILES string of the molecule is COc1cccc(C(=O)N2CC(c3nc(-c4cccnc4)no3)C2)c1. The second kappa shape index (κ2) is 6.35. The van der Waals surface area contributed by atoms with E-state index in [9.17, 15) is 4.79 Å². The van der Waals surface area contributed by atoms with Gasteiger partial charge in [0.1, 0.15) is 5.75 Å². The van der Waals surface area contributed by atoms with Crippen LogP contribution in [0.25, 0.3) is 11.4 Å². The molecule has 1 saturated heterocycles. The van der Waals surface area contributed by atoms with Crippen molar-refractivity contribution in [1.82, 2.24) is 20.0 Å². The van der Waals surface area contributed by atoms with Gasteiger partial charge in [0.05, 0.1) is 13.0 Å². The van der Waals surface area contributed by atoms with Gasteiger partial charge in [-0.05, 0) is 30.3 Å². The number of hydrogen-bond acceptors (Lipinski definition) is 6. The van der Waals surface area contributed by atoms with Crippen LogP contribution in [-0.2, 0) is 0 Å². The fourth-order valence-corrected chi connectivity index (χ4v) is 2.75. The number of pyridine rings is 1. The Morgan fingerprint density at radius 1 is 1.28 bits per heavy atom. The fourth-order valence-electron chi connectivity index (χ4n) is 2.75. The Bertz CT molecular complexity index is 888. The summed E-state index contributed by atoms with van der Waals surface area (Å²) in [6, 6.07) is 10.8. The minimum Gasteiger partial charge on any atom is -0.497 e. The summed E-state index contributed by atoms with van der Waals surface area (Å²) in [6.07, 6.45) is 3.38. The van der Waals surface area contributed by atoms with Crippen LogP contribution >= 0.6 is 0 Å². The number of carbonyl (C=O) groups excluding carboxylic acids is 1. The smallest absolute Gasteiger partial charge is 0.254 e. The first kappa shape index (κ1) is 15.3. The van der Waals surface area contributed by atoms with Gasteiger partial charge in [-0.15, -0.1) is 0 Å². The summed E-state index contributed by atoms with van der Waals surface area (Å²) in [7, 11) is 1.58. The molecule has 0 saturated carbocycles. The van der Waals surface area contributed by atoms with E-state index in [2.05, 4.69) is 15.1 Å². The molecule has 0 spiro atoms. The monoisotopic (exact) mass is 336 g/mol. The van der Waals surface area contributed by atoms with Crippen molar-refractivity contribution in [3.63, 3.8) is 0 Å². The fraction of sp³-hybridized carbons (Fsp3) is 0.222. The summed E-state index contributed by atoms with van der Waals surface area (Å²) in [4.78, 5) is 22.7. The highest BCUT2D eigenvalue weighted by Crippen LogP contribution is 2.29. The van der Waals surface area contributed by atoms with Crippen molar-refractivity contribution < 1.29 is 14.1 Å². The molecule has 3 aromatic rings. The summed E-state index contributed by atoms with van der Waals surface area (Å²) >= 11 is 0. The molecule has 25 heavy (non-hydrogen) atoms. The largest absolute Gasteiger partial charge is 0.497 e. The molecule has 126 valence electrons. The van der Waals surface area contributed by atoms with Gasteiger partial charge in [0.25, 0.3) is 5.91 Å². The standard InChI is InChI=1S/C18H16N4O3/c1-24-15-6-2-4-12(8-15)18(23)22-10-14(11-22)17-20-16(21-25-17)13-5-3-7-19-9-13/h2-9,14H,10-11H2,1H3. The summed E-state index contributed by atoms with van der Waals surface area (Å²) in [5, 5.41) is 3.99. The minimum atomic E-state index is -0.0258. The van der Waals surface area contributed by atoms with Gasteiger partial charge in [-0.2, -0.15) is 4.98 Å². The molecular weight excluding hydrogens is 320 g/mol. The predicted octanol–water partition coefficient (Wildman–Crippen LogP) is 2.38. The van der Waals surface area contributed by atoms with Gasteiger partial charge in [-0.25, -0.2) is 0 Å². The van der Waals surface area contributed by atoms with Crippen LogP contribution in [0.3, 0.4) is 0 Å². The first-order valence-corrected chi connectivity index (χ1v) is 7.92. The van der Waals surface area contributed by atoms with E-state index in [1.165, 1.54) is 0 Å². The zero-order chi connectivity index (χ0) is 17.2. The predicted molar refractivity (Wildman–Crippen MR) is 89.2 cm³/mol. The van der Waals surface area contributed by atoms with E-state index in [-0.39, 0.29) is 11.8 Å². The molecule has 4 rings (SSSR count). The maximum Gasteiger partial charge on any atom is 0.254 e. The molecule has 0 unspecified atom stereocenters. The van der Waals surface area contributed by atoms with E-state index in [1.54, 1.807) is 36.5 Å². The Hall–Kier alpha value is -3.22. The van der Waals surface area contributed by atoms with Crippen molar-refractivity contribution in [2.45, 2.75) is 5.92 Å². The Labute approximate surface area is 144 Å². The van der Waals surface area contributed by atoms with E-state index in [0.29, 0.717) is 36.1 Å². The van der Waals surface area contributed by atoms with Gasteiger partial charge in [0, 0.05) is 36.6 Å². The van der Waals surface area contributed by atoms with Gasteiger partial charge < -0.3 is 14.2 Å². The van der Waals surface area contributed by atoms with E-state index in [1.807, 2.05) is 24.3 Å². The summed E-state index contributed by atoms with van der Waals surface area (Å²) in [5.74, 6) is 1.77. The molecule has 1 aliphatic rings. The lowest BCUT2D eigenvalue weighted by atomic mass is 9.98. The number of ether oxygens (including phenoxy) is 1. The highest BCUT2D eigenvalue weighted by Gasteiger charge is 2.36. The molecule has 0 bridgehead atoms. The Morgan fingerprint density at radius 3 is 2.92 bits per heavy atom. The molecule has 0 N–H and O–H groups in total. The Morgan fingerprint density at radius 2 is 2.16 bits per heavy atom. The van der Waals surface area contributed by atoms with Crippen molar-refractivity contribution in [3.8, 4) is 17.1 Å². The Balaban J connectivity index is 1.42. The number of likely N-dealkylation sites (tertiary alicyclic amines) is 1. The van der Waals surface area contributed by atoms with Crippen molar-refractivity contribution >= 4 is 5.91 Å². The van der Waals surface area contributed by atoms with Gasteiger partial charge in [0.2, 0.25) is 11.7 Å². The zero-order valence-corrected chi connectivity index (χ0v) is 13.6. The van der Waals surface area contributed by atoms with Crippen LogP contribution < -0.4 is 4.74 Å². The van der Waals surface area contributed by atoms with Crippen LogP contribution in [0.4, 0.5) is 0 Å². The second-order valence-corrected chi connectivity index (χ2v) is 5.84. The maximum atomic E-state index is 12.5. The van der Waals surface area contributed by atoms with Crippen LogP contribution in [0.2, 0.25) is 0 Å². The van der Waals surface area contributed by atoms with Gasteiger partial charge in [0.15, 0.2) is 0 Å². The van der Waals surface area contributed by atoms with Crippen LogP contribution in [0.5, 0.6) is 5.75 Å². The highest BCUT2D eigenvalue weighted by atomic mass is 16.5. The van der Waals surface area contributed by atoms with Gasteiger partial charge >= 0.3 is 0 Å². The number of nitrogens with zero attached hydrogens (tertiary/aromatic N) is 4. The van der Waals surface area contributed by atoms with E-state index in [0.717, 1.165) is 5.56 Å². The van der Waals surface area contributed by atoms with E-state index < -0.39 is 0 Å². The summed E-state index contributed by atoms with van der Waals surface area (Å²) in [6.45, 7) is 1.12. The molecule has 1 fully saturated rings. The minimum absolute atomic E-state index is 0.0258. The van der Waals surface area contributed by atoms with Gasteiger partial charge in [-0.3, -0.25) is 9.78 Å². The van der Waals surface area contributed by atoms with E-state index in [4.69, 9.17) is 9.26 Å². The number of amides is 1. The van der Waals surface area contributed by atoms with Crippen LogP contribution in [0, 0.1) is 0 Å². The number of methoxy groups -OCH3 is 1. The van der Waals surface area contributed by atoms with Crippen LogP contribution in [0.15, 0.2) is 53.3 Å². The number of benzene rings is 1. The molecule has 2 aromatic heterocycles. The average molecular weight is 336 g/mol. The lowest BCUT2D eigenvalue weighted by Gasteiger charge is -2.37. The molecule has 1 amide bonds. The highest BCUT2D eigenvalue weighted by molar-refractivity contribution is 5.95. The second-order valence-electron chi connectivity index (χ2n) is 5.84. The normalized spacial score (nSPS) is 14.2. The molecule has 1 aliphatic heterocycles. The van der Waals surface area contributed by atoms with Gasteiger partial charge in [-0.1, -0.05) is 11.2 Å². The molecule has 7 heteroatoms. The molecule has 3 heterocycles. The lowest BCUT2D eigenvalue weighted by molar-refractivity contribution is 0.0569. The Kier molecular flexibility index (Phi) is 3.89.